The molecule has 0 amide bonds. The van der Waals surface area contributed by atoms with Crippen molar-refractivity contribution in [2.24, 2.45) is 0 Å². The van der Waals surface area contributed by atoms with Crippen LogP contribution in [-0.4, -0.2) is 12.7 Å². The number of allylic oxidation sites excluding steroid dienone is 3. The second-order valence-corrected chi connectivity index (χ2v) is 1.92. The highest BCUT2D eigenvalue weighted by atomic mass is 19.4. The molecule has 1 N–H and O–H groups in total. The standard InChI is InChI=1S/C6H4F4N/c7-4-2-1-3-11-5(4)6(8,9)10/h1,11H,3H2. The number of hydrogen-bond acceptors (Lipinski definition) is 1. The van der Waals surface area contributed by atoms with Crippen LogP contribution in [0.4, 0.5) is 17.6 Å². The van der Waals surface area contributed by atoms with Crippen molar-refractivity contribution in [3.05, 3.63) is 23.7 Å². The van der Waals surface area contributed by atoms with E-state index < -0.39 is 17.7 Å². The second kappa shape index (κ2) is 2.56. The molecule has 1 heterocycles. The fourth-order valence-electron chi connectivity index (χ4n) is 0.668. The highest BCUT2D eigenvalue weighted by Crippen LogP contribution is 2.27. The molecule has 0 aromatic carbocycles. The topological polar surface area (TPSA) is 12.0 Å². The van der Waals surface area contributed by atoms with Crippen molar-refractivity contribution in [2.45, 2.75) is 6.18 Å². The molecule has 0 bridgehead atoms. The van der Waals surface area contributed by atoms with Crippen LogP contribution in [-0.2, 0) is 0 Å². The van der Waals surface area contributed by atoms with E-state index in [2.05, 4.69) is 0 Å². The minimum absolute atomic E-state index is 0.0394. The average Bonchev–Trinajstić information content (AvgIpc) is 1.86. The fraction of sp³-hybridized carbons (Fsp3) is 0.333. The summed E-state index contributed by atoms with van der Waals surface area (Å²) in [6.45, 7) is -0.0394. The van der Waals surface area contributed by atoms with E-state index in [1.54, 1.807) is 0 Å². The van der Waals surface area contributed by atoms with E-state index in [1.165, 1.54) is 0 Å². The number of rotatable bonds is 0. The first-order valence-corrected chi connectivity index (χ1v) is 2.81. The van der Waals surface area contributed by atoms with Crippen molar-refractivity contribution in [3.8, 4) is 0 Å². The first-order chi connectivity index (χ1) is 5.02. The number of alkyl halides is 3. The molecule has 0 atom stereocenters. The first kappa shape index (κ1) is 8.10. The van der Waals surface area contributed by atoms with Crippen molar-refractivity contribution >= 4 is 0 Å². The van der Waals surface area contributed by atoms with E-state index in [9.17, 15) is 17.6 Å². The van der Waals surface area contributed by atoms with Crippen LogP contribution in [0.2, 0.25) is 0 Å². The van der Waals surface area contributed by atoms with Gasteiger partial charge in [0.2, 0.25) is 0 Å². The van der Waals surface area contributed by atoms with Gasteiger partial charge in [-0.2, -0.15) is 13.2 Å². The maximum Gasteiger partial charge on any atom is 0.433 e. The van der Waals surface area contributed by atoms with Gasteiger partial charge < -0.3 is 5.32 Å². The molecule has 61 valence electrons. The van der Waals surface area contributed by atoms with Gasteiger partial charge in [-0.15, -0.1) is 0 Å². The molecule has 1 radical (unpaired) electrons. The molecule has 1 nitrogen and oxygen atoms in total. The van der Waals surface area contributed by atoms with Crippen LogP contribution in [0.15, 0.2) is 17.6 Å². The molecular formula is C6H4F4N. The molecule has 0 spiro atoms. The smallest absolute Gasteiger partial charge is 0.375 e. The van der Waals surface area contributed by atoms with Gasteiger partial charge in [0.15, 0.2) is 11.5 Å². The Kier molecular flexibility index (Phi) is 1.89. The lowest BCUT2D eigenvalue weighted by Crippen LogP contribution is -2.29. The van der Waals surface area contributed by atoms with Gasteiger partial charge in [0.05, 0.1) is 0 Å². The van der Waals surface area contributed by atoms with E-state index in [1.807, 2.05) is 11.4 Å². The fourth-order valence-corrected chi connectivity index (χ4v) is 0.668. The molecule has 0 aromatic rings. The molecule has 0 saturated carbocycles. The maximum absolute atomic E-state index is 12.3. The number of nitrogens with one attached hydrogen (secondary N) is 1. The zero-order valence-electron chi connectivity index (χ0n) is 5.30. The summed E-state index contributed by atoms with van der Waals surface area (Å²) in [4.78, 5) is 0. The van der Waals surface area contributed by atoms with E-state index in [0.717, 1.165) is 6.08 Å². The Labute approximate surface area is 60.4 Å². The zero-order valence-corrected chi connectivity index (χ0v) is 5.30. The van der Waals surface area contributed by atoms with Gasteiger partial charge in [0.1, 0.15) is 0 Å². The van der Waals surface area contributed by atoms with E-state index >= 15 is 0 Å². The summed E-state index contributed by atoms with van der Waals surface area (Å²) in [5, 5.41) is 1.87. The van der Waals surface area contributed by atoms with Crippen LogP contribution in [0.3, 0.4) is 0 Å². The minimum atomic E-state index is -4.65. The van der Waals surface area contributed by atoms with Crippen molar-refractivity contribution in [3.63, 3.8) is 0 Å². The summed E-state index contributed by atoms with van der Waals surface area (Å²) >= 11 is 0. The van der Waals surface area contributed by atoms with Crippen LogP contribution in [0.5, 0.6) is 0 Å². The van der Waals surface area contributed by atoms with Crippen LogP contribution < -0.4 is 5.32 Å². The summed E-state index contributed by atoms with van der Waals surface area (Å²) in [6, 6.07) is 0. The van der Waals surface area contributed by atoms with Gasteiger partial charge in [-0.05, 0) is 0 Å². The monoisotopic (exact) mass is 166 g/mol. The van der Waals surface area contributed by atoms with Gasteiger partial charge in [0, 0.05) is 12.6 Å². The Morgan fingerprint density at radius 2 is 2.09 bits per heavy atom. The van der Waals surface area contributed by atoms with Gasteiger partial charge >= 0.3 is 6.18 Å². The summed E-state index contributed by atoms with van der Waals surface area (Å²) in [7, 11) is 0. The zero-order chi connectivity index (χ0) is 8.48. The predicted molar refractivity (Wildman–Crippen MR) is 30.0 cm³/mol. The molecule has 0 aromatic heterocycles. The van der Waals surface area contributed by atoms with Gasteiger partial charge in [-0.3, -0.25) is 0 Å². The summed E-state index contributed by atoms with van der Waals surface area (Å²) in [6.07, 6.45) is -1.65. The lowest BCUT2D eigenvalue weighted by molar-refractivity contribution is -0.0985. The molecule has 0 fully saturated rings. The average molecular weight is 166 g/mol. The molecule has 1 aliphatic rings. The Morgan fingerprint density at radius 3 is 2.45 bits per heavy atom. The largest absolute Gasteiger partial charge is 0.433 e. The lowest BCUT2D eigenvalue weighted by atomic mass is 10.2. The van der Waals surface area contributed by atoms with Crippen molar-refractivity contribution in [1.82, 2.24) is 5.32 Å². The highest BCUT2D eigenvalue weighted by molar-refractivity contribution is 5.21. The Hall–Kier alpha value is -1.00. The van der Waals surface area contributed by atoms with Crippen LogP contribution in [0.25, 0.3) is 0 Å². The summed E-state index contributed by atoms with van der Waals surface area (Å²) in [5.41, 5.74) is -1.35. The third-order valence-electron chi connectivity index (χ3n) is 1.11. The number of hydrogen-bond donors (Lipinski definition) is 1. The third-order valence-corrected chi connectivity index (χ3v) is 1.11. The summed E-state index contributed by atoms with van der Waals surface area (Å²) in [5.74, 6) is -1.39. The van der Waals surface area contributed by atoms with Crippen molar-refractivity contribution in [1.29, 1.82) is 0 Å². The second-order valence-electron chi connectivity index (χ2n) is 1.92. The minimum Gasteiger partial charge on any atom is -0.375 e. The van der Waals surface area contributed by atoms with Crippen molar-refractivity contribution in [2.75, 3.05) is 6.54 Å². The predicted octanol–water partition coefficient (Wildman–Crippen LogP) is 1.69. The third kappa shape index (κ3) is 1.72. The highest BCUT2D eigenvalue weighted by Gasteiger charge is 2.37. The van der Waals surface area contributed by atoms with E-state index in [-0.39, 0.29) is 6.54 Å². The molecule has 0 aliphatic carbocycles. The van der Waals surface area contributed by atoms with Gasteiger partial charge in [0.25, 0.3) is 0 Å². The Bertz CT molecular complexity index is 213. The molecule has 1 aliphatic heterocycles. The normalized spacial score (nSPS) is 18.5. The lowest BCUT2D eigenvalue weighted by Gasteiger charge is -2.15. The molecule has 0 unspecified atom stereocenters. The molecule has 0 saturated heterocycles. The number of halogens is 4. The quantitative estimate of drug-likeness (QED) is 0.540. The van der Waals surface area contributed by atoms with E-state index in [4.69, 9.17) is 0 Å². The van der Waals surface area contributed by atoms with Crippen LogP contribution >= 0.6 is 0 Å². The maximum atomic E-state index is 12.3. The molecular weight excluding hydrogens is 162 g/mol. The van der Waals surface area contributed by atoms with Crippen molar-refractivity contribution < 1.29 is 17.6 Å². The SMILES string of the molecule is FC1=C(C(F)(F)F)NCC=[C]1. The number of dihydropyridines is 1. The van der Waals surface area contributed by atoms with Crippen LogP contribution in [0.1, 0.15) is 0 Å². The van der Waals surface area contributed by atoms with Gasteiger partial charge in [-0.25, -0.2) is 4.39 Å². The van der Waals surface area contributed by atoms with E-state index in [0.29, 0.717) is 0 Å². The molecule has 1 rings (SSSR count). The summed E-state index contributed by atoms with van der Waals surface area (Å²) < 4.78 is 47.6. The first-order valence-electron chi connectivity index (χ1n) is 2.81. The van der Waals surface area contributed by atoms with Gasteiger partial charge in [-0.1, -0.05) is 6.08 Å². The molecule has 11 heavy (non-hydrogen) atoms. The molecule has 5 heteroatoms. The Morgan fingerprint density at radius 1 is 1.45 bits per heavy atom. The van der Waals surface area contributed by atoms with Crippen LogP contribution in [0, 0.1) is 6.08 Å². The Balaban J connectivity index is 2.93.